The van der Waals surface area contributed by atoms with E-state index < -0.39 is 5.91 Å². The molecule has 0 aliphatic heterocycles. The molecule has 2 amide bonds. The van der Waals surface area contributed by atoms with Crippen molar-refractivity contribution >= 4 is 34.8 Å². The first kappa shape index (κ1) is 18.4. The van der Waals surface area contributed by atoms with Gasteiger partial charge in [-0.2, -0.15) is 0 Å². The van der Waals surface area contributed by atoms with Crippen molar-refractivity contribution in [3.05, 3.63) is 83.1 Å². The van der Waals surface area contributed by atoms with Crippen molar-refractivity contribution in [3.8, 4) is 5.75 Å². The quantitative estimate of drug-likeness (QED) is 0.692. The molecule has 0 fully saturated rings. The molecule has 0 aliphatic carbocycles. The third-order valence-electron chi connectivity index (χ3n) is 3.70. The molecule has 1 aromatic heterocycles. The maximum atomic E-state index is 12.5. The monoisotopic (exact) mass is 381 g/mol. The van der Waals surface area contributed by atoms with E-state index in [4.69, 9.17) is 16.3 Å². The van der Waals surface area contributed by atoms with Crippen LogP contribution in [-0.2, 0) is 0 Å². The van der Waals surface area contributed by atoms with Crippen LogP contribution in [0.5, 0.6) is 5.75 Å². The van der Waals surface area contributed by atoms with Crippen LogP contribution in [0.2, 0.25) is 5.02 Å². The Morgan fingerprint density at radius 2 is 1.52 bits per heavy atom. The van der Waals surface area contributed by atoms with Crippen LogP contribution in [0, 0.1) is 0 Å². The summed E-state index contributed by atoms with van der Waals surface area (Å²) in [6, 6.07) is 15.4. The minimum Gasteiger partial charge on any atom is -0.495 e. The number of rotatable bonds is 5. The van der Waals surface area contributed by atoms with Gasteiger partial charge in [-0.15, -0.1) is 0 Å². The average Bonchev–Trinajstić information content (AvgIpc) is 2.69. The fourth-order valence-electron chi connectivity index (χ4n) is 2.36. The molecule has 0 saturated carbocycles. The molecule has 0 saturated heterocycles. The Morgan fingerprint density at radius 3 is 2.11 bits per heavy atom. The van der Waals surface area contributed by atoms with E-state index in [-0.39, 0.29) is 17.0 Å². The fourth-order valence-corrected chi connectivity index (χ4v) is 2.62. The van der Waals surface area contributed by atoms with Crippen molar-refractivity contribution in [2.45, 2.75) is 0 Å². The number of hydrogen-bond acceptors (Lipinski definition) is 4. The van der Waals surface area contributed by atoms with E-state index in [9.17, 15) is 9.59 Å². The zero-order valence-electron chi connectivity index (χ0n) is 14.4. The van der Waals surface area contributed by atoms with Crippen LogP contribution in [0.3, 0.4) is 0 Å². The number of nitrogens with one attached hydrogen (secondary N) is 2. The number of amides is 2. The van der Waals surface area contributed by atoms with Crippen LogP contribution in [0.25, 0.3) is 0 Å². The fraction of sp³-hybridized carbons (Fsp3) is 0.0500. The van der Waals surface area contributed by atoms with Crippen LogP contribution in [0.15, 0.2) is 67.0 Å². The molecule has 27 heavy (non-hydrogen) atoms. The molecule has 2 aromatic carbocycles. The van der Waals surface area contributed by atoms with Crippen molar-refractivity contribution in [3.63, 3.8) is 0 Å². The molecule has 0 spiro atoms. The Hall–Kier alpha value is -3.38. The van der Waals surface area contributed by atoms with Gasteiger partial charge in [-0.25, -0.2) is 0 Å². The van der Waals surface area contributed by atoms with E-state index in [2.05, 4.69) is 15.6 Å². The van der Waals surface area contributed by atoms with Gasteiger partial charge in [0.25, 0.3) is 11.8 Å². The maximum Gasteiger partial charge on any atom is 0.257 e. The highest BCUT2D eigenvalue weighted by Gasteiger charge is 2.13. The van der Waals surface area contributed by atoms with E-state index in [1.54, 1.807) is 30.3 Å². The second-order valence-electron chi connectivity index (χ2n) is 5.59. The third-order valence-corrected chi connectivity index (χ3v) is 4.00. The summed E-state index contributed by atoms with van der Waals surface area (Å²) in [5.41, 5.74) is 1.69. The molecule has 0 atom stereocenters. The predicted octanol–water partition coefficient (Wildman–Crippen LogP) is 4.25. The number of carbonyl (C=O) groups excluding carboxylic acids is 2. The Labute approximate surface area is 161 Å². The summed E-state index contributed by atoms with van der Waals surface area (Å²) in [6.45, 7) is 0. The summed E-state index contributed by atoms with van der Waals surface area (Å²) < 4.78 is 5.08. The molecule has 0 unspecified atom stereocenters. The lowest BCUT2D eigenvalue weighted by Gasteiger charge is -2.09. The summed E-state index contributed by atoms with van der Waals surface area (Å²) in [4.78, 5) is 28.8. The Bertz CT molecular complexity index is 977. The topological polar surface area (TPSA) is 80.3 Å². The van der Waals surface area contributed by atoms with Crippen LogP contribution in [0.4, 0.5) is 11.4 Å². The van der Waals surface area contributed by atoms with Gasteiger partial charge in [0.05, 0.1) is 23.3 Å². The molecule has 0 radical (unpaired) electrons. The van der Waals surface area contributed by atoms with Gasteiger partial charge in [0.15, 0.2) is 0 Å². The number of benzene rings is 2. The Morgan fingerprint density at radius 1 is 0.889 bits per heavy atom. The maximum absolute atomic E-state index is 12.5. The molecule has 3 rings (SSSR count). The lowest BCUT2D eigenvalue weighted by Crippen LogP contribution is -2.16. The summed E-state index contributed by atoms with van der Waals surface area (Å²) in [6.07, 6.45) is 2.79. The summed E-state index contributed by atoms with van der Waals surface area (Å²) in [5, 5.41) is 5.85. The first-order chi connectivity index (χ1) is 13.1. The van der Waals surface area contributed by atoms with Crippen LogP contribution in [0.1, 0.15) is 20.7 Å². The van der Waals surface area contributed by atoms with E-state index in [0.717, 1.165) is 0 Å². The number of aromatic nitrogens is 1. The zero-order valence-corrected chi connectivity index (χ0v) is 15.2. The van der Waals surface area contributed by atoms with Crippen molar-refractivity contribution < 1.29 is 14.3 Å². The van der Waals surface area contributed by atoms with Gasteiger partial charge in [-0.1, -0.05) is 29.8 Å². The van der Waals surface area contributed by atoms with E-state index in [0.29, 0.717) is 22.1 Å². The molecule has 3 aromatic rings. The summed E-state index contributed by atoms with van der Waals surface area (Å²) in [5.74, 6) is -0.246. The number of para-hydroxylation sites is 1. The molecule has 136 valence electrons. The SMILES string of the molecule is COc1ccc(NC(=O)c2cncc(C(=O)Nc3ccccc3)c2)cc1Cl. The van der Waals surface area contributed by atoms with E-state index in [1.807, 2.05) is 18.2 Å². The summed E-state index contributed by atoms with van der Waals surface area (Å²) in [7, 11) is 1.51. The van der Waals surface area contributed by atoms with Gasteiger partial charge in [-0.05, 0) is 36.4 Å². The second-order valence-corrected chi connectivity index (χ2v) is 5.99. The lowest BCUT2D eigenvalue weighted by atomic mass is 10.1. The number of ether oxygens (including phenoxy) is 1. The number of hydrogen-bond donors (Lipinski definition) is 2. The summed E-state index contributed by atoms with van der Waals surface area (Å²) >= 11 is 6.06. The first-order valence-electron chi connectivity index (χ1n) is 8.03. The van der Waals surface area contributed by atoms with Crippen molar-refractivity contribution in [2.24, 2.45) is 0 Å². The Kier molecular flexibility index (Phi) is 5.68. The van der Waals surface area contributed by atoms with E-state index >= 15 is 0 Å². The molecule has 6 nitrogen and oxygen atoms in total. The largest absolute Gasteiger partial charge is 0.495 e. The minimum absolute atomic E-state index is 0.252. The van der Waals surface area contributed by atoms with Gasteiger partial charge in [0.1, 0.15) is 5.75 Å². The van der Waals surface area contributed by atoms with Crippen molar-refractivity contribution in [1.29, 1.82) is 0 Å². The number of pyridine rings is 1. The van der Waals surface area contributed by atoms with Crippen molar-refractivity contribution in [1.82, 2.24) is 4.98 Å². The van der Waals surface area contributed by atoms with Gasteiger partial charge in [0, 0.05) is 23.8 Å². The molecular weight excluding hydrogens is 366 g/mol. The Balaban J connectivity index is 1.73. The highest BCUT2D eigenvalue weighted by molar-refractivity contribution is 6.32. The van der Waals surface area contributed by atoms with Crippen LogP contribution >= 0.6 is 11.6 Å². The van der Waals surface area contributed by atoms with Gasteiger partial charge in [-0.3, -0.25) is 14.6 Å². The van der Waals surface area contributed by atoms with Gasteiger partial charge >= 0.3 is 0 Å². The molecule has 1 heterocycles. The number of nitrogens with zero attached hydrogens (tertiary/aromatic N) is 1. The minimum atomic E-state index is -0.405. The lowest BCUT2D eigenvalue weighted by molar-refractivity contribution is 0.102. The smallest absolute Gasteiger partial charge is 0.257 e. The number of carbonyl (C=O) groups is 2. The molecule has 2 N–H and O–H groups in total. The second kappa shape index (κ2) is 8.33. The normalized spacial score (nSPS) is 10.1. The molecular formula is C20H16ClN3O3. The molecule has 0 bridgehead atoms. The first-order valence-corrected chi connectivity index (χ1v) is 8.41. The highest BCUT2D eigenvalue weighted by atomic mass is 35.5. The van der Waals surface area contributed by atoms with Crippen LogP contribution in [-0.4, -0.2) is 23.9 Å². The third kappa shape index (κ3) is 4.62. The number of anilines is 2. The van der Waals surface area contributed by atoms with Gasteiger partial charge in [0.2, 0.25) is 0 Å². The number of halogens is 1. The van der Waals surface area contributed by atoms with Crippen molar-refractivity contribution in [2.75, 3.05) is 17.7 Å². The predicted molar refractivity (Wildman–Crippen MR) is 105 cm³/mol. The van der Waals surface area contributed by atoms with Gasteiger partial charge < -0.3 is 15.4 Å². The molecule has 7 heteroatoms. The standard InChI is InChI=1S/C20H16ClN3O3/c1-27-18-8-7-16(10-17(18)21)24-20(26)14-9-13(11-22-12-14)19(25)23-15-5-3-2-4-6-15/h2-12H,1H3,(H,23,25)(H,24,26). The number of methoxy groups -OCH3 is 1. The highest BCUT2D eigenvalue weighted by Crippen LogP contribution is 2.27. The van der Waals surface area contributed by atoms with Crippen LogP contribution < -0.4 is 15.4 Å². The average molecular weight is 382 g/mol. The van der Waals surface area contributed by atoms with E-state index in [1.165, 1.54) is 25.6 Å². The zero-order chi connectivity index (χ0) is 19.2. The molecule has 0 aliphatic rings.